The summed E-state index contributed by atoms with van der Waals surface area (Å²) in [6, 6.07) is 14.2. The Morgan fingerprint density at radius 3 is 2.40 bits per heavy atom. The van der Waals surface area contributed by atoms with Crippen LogP contribution in [-0.4, -0.2) is 68.9 Å². The van der Waals surface area contributed by atoms with Crippen molar-refractivity contribution in [1.82, 2.24) is 15.2 Å². The zero-order valence-electron chi connectivity index (χ0n) is 17.9. The van der Waals surface area contributed by atoms with Crippen LogP contribution in [0, 0.1) is 6.92 Å². The van der Waals surface area contributed by atoms with Gasteiger partial charge in [0.1, 0.15) is 0 Å². The normalized spacial score (nSPS) is 15.3. The van der Waals surface area contributed by atoms with Gasteiger partial charge in [0.05, 0.1) is 27.0 Å². The van der Waals surface area contributed by atoms with Crippen LogP contribution in [-0.2, 0) is 11.3 Å². The molecule has 2 aromatic carbocycles. The first-order chi connectivity index (χ1) is 14.6. The highest BCUT2D eigenvalue weighted by molar-refractivity contribution is 5.86. The Kier molecular flexibility index (Phi) is 7.82. The molecule has 0 saturated carbocycles. The van der Waals surface area contributed by atoms with Gasteiger partial charge in [-0.3, -0.25) is 14.6 Å². The second kappa shape index (κ2) is 10.8. The summed E-state index contributed by atoms with van der Waals surface area (Å²) < 4.78 is 10.6. The Bertz CT molecular complexity index is 859. The quantitative estimate of drug-likeness (QED) is 0.534. The lowest BCUT2D eigenvalue weighted by Gasteiger charge is -2.34. The van der Waals surface area contributed by atoms with E-state index in [0.29, 0.717) is 18.0 Å². The van der Waals surface area contributed by atoms with Crippen LogP contribution in [0.2, 0.25) is 0 Å². The minimum Gasteiger partial charge on any atom is -0.493 e. The fraction of sp³-hybridized carbons (Fsp3) is 0.391. The SMILES string of the molecule is COc1cccc(C=NNC(=O)CN2CCN(Cc3ccc(C)cc3)CC2)c1OC. The van der Waals surface area contributed by atoms with Gasteiger partial charge < -0.3 is 9.47 Å². The summed E-state index contributed by atoms with van der Waals surface area (Å²) in [5.41, 5.74) is 5.95. The number of nitrogens with zero attached hydrogens (tertiary/aromatic N) is 3. The van der Waals surface area contributed by atoms with Gasteiger partial charge in [-0.2, -0.15) is 5.10 Å². The highest BCUT2D eigenvalue weighted by atomic mass is 16.5. The maximum atomic E-state index is 12.2. The summed E-state index contributed by atoms with van der Waals surface area (Å²) >= 11 is 0. The van der Waals surface area contributed by atoms with Crippen LogP contribution >= 0.6 is 0 Å². The van der Waals surface area contributed by atoms with E-state index in [1.54, 1.807) is 20.4 Å². The molecule has 160 valence electrons. The molecule has 7 nitrogen and oxygen atoms in total. The Morgan fingerprint density at radius 2 is 1.73 bits per heavy atom. The van der Waals surface area contributed by atoms with Crippen molar-refractivity contribution in [2.45, 2.75) is 13.5 Å². The minimum atomic E-state index is -0.125. The molecule has 1 N–H and O–H groups in total. The van der Waals surface area contributed by atoms with Crippen LogP contribution in [0.15, 0.2) is 47.6 Å². The molecule has 0 bridgehead atoms. The molecule has 3 rings (SSSR count). The van der Waals surface area contributed by atoms with E-state index in [9.17, 15) is 4.79 Å². The topological polar surface area (TPSA) is 66.4 Å². The smallest absolute Gasteiger partial charge is 0.254 e. The molecule has 0 unspecified atom stereocenters. The first-order valence-electron chi connectivity index (χ1n) is 10.1. The predicted octanol–water partition coefficient (Wildman–Crippen LogP) is 2.28. The van der Waals surface area contributed by atoms with Gasteiger partial charge in [-0.25, -0.2) is 5.43 Å². The number of carbonyl (C=O) groups is 1. The van der Waals surface area contributed by atoms with Crippen molar-refractivity contribution in [2.75, 3.05) is 46.9 Å². The highest BCUT2D eigenvalue weighted by Gasteiger charge is 2.19. The Balaban J connectivity index is 1.43. The Morgan fingerprint density at radius 1 is 1.03 bits per heavy atom. The molecule has 0 spiro atoms. The number of ether oxygens (including phenoxy) is 2. The molecular formula is C23H30N4O3. The number of nitrogens with one attached hydrogen (secondary N) is 1. The first kappa shape index (κ1) is 21.8. The van der Waals surface area contributed by atoms with Crippen molar-refractivity contribution in [2.24, 2.45) is 5.10 Å². The number of para-hydroxylation sites is 1. The number of amides is 1. The largest absolute Gasteiger partial charge is 0.493 e. The summed E-state index contributed by atoms with van der Waals surface area (Å²) in [5.74, 6) is 1.08. The van der Waals surface area contributed by atoms with Gasteiger partial charge >= 0.3 is 0 Å². The molecule has 7 heteroatoms. The van der Waals surface area contributed by atoms with Crippen LogP contribution in [0.5, 0.6) is 11.5 Å². The van der Waals surface area contributed by atoms with Crippen molar-refractivity contribution in [3.63, 3.8) is 0 Å². The molecule has 0 radical (unpaired) electrons. The lowest BCUT2D eigenvalue weighted by molar-refractivity contribution is -0.122. The maximum absolute atomic E-state index is 12.2. The van der Waals surface area contributed by atoms with Crippen molar-refractivity contribution in [3.05, 3.63) is 59.2 Å². The fourth-order valence-electron chi connectivity index (χ4n) is 3.48. The third-order valence-electron chi connectivity index (χ3n) is 5.19. The van der Waals surface area contributed by atoms with Gasteiger partial charge in [0.25, 0.3) is 5.91 Å². The van der Waals surface area contributed by atoms with Gasteiger partial charge in [-0.15, -0.1) is 0 Å². The van der Waals surface area contributed by atoms with E-state index in [1.165, 1.54) is 11.1 Å². The van der Waals surface area contributed by atoms with E-state index in [1.807, 2.05) is 18.2 Å². The van der Waals surface area contributed by atoms with Gasteiger partial charge in [0.15, 0.2) is 11.5 Å². The van der Waals surface area contributed by atoms with E-state index in [-0.39, 0.29) is 5.91 Å². The van der Waals surface area contributed by atoms with Crippen molar-refractivity contribution in [1.29, 1.82) is 0 Å². The van der Waals surface area contributed by atoms with Crippen LogP contribution in [0.4, 0.5) is 0 Å². The van der Waals surface area contributed by atoms with E-state index in [0.717, 1.165) is 38.3 Å². The standard InChI is InChI=1S/C23H30N4O3/c1-18-7-9-19(10-8-18)16-26-11-13-27(14-12-26)17-22(28)25-24-15-20-5-4-6-21(29-2)23(20)30-3/h4-10,15H,11-14,16-17H2,1-3H3,(H,25,28). The molecule has 1 heterocycles. The average molecular weight is 411 g/mol. The first-order valence-corrected chi connectivity index (χ1v) is 10.1. The molecule has 30 heavy (non-hydrogen) atoms. The Hall–Kier alpha value is -2.90. The summed E-state index contributed by atoms with van der Waals surface area (Å²) in [6.07, 6.45) is 1.57. The molecule has 1 fully saturated rings. The van der Waals surface area contributed by atoms with E-state index in [2.05, 4.69) is 51.5 Å². The van der Waals surface area contributed by atoms with Gasteiger partial charge in [-0.1, -0.05) is 35.9 Å². The second-order valence-electron chi connectivity index (χ2n) is 7.41. The predicted molar refractivity (Wildman–Crippen MR) is 118 cm³/mol. The number of hydrazone groups is 1. The lowest BCUT2D eigenvalue weighted by atomic mass is 10.1. The zero-order valence-corrected chi connectivity index (χ0v) is 17.9. The Labute approximate surface area is 178 Å². The van der Waals surface area contributed by atoms with E-state index in [4.69, 9.17) is 9.47 Å². The van der Waals surface area contributed by atoms with E-state index < -0.39 is 0 Å². The van der Waals surface area contributed by atoms with Crippen LogP contribution in [0.25, 0.3) is 0 Å². The molecule has 1 aliphatic heterocycles. The van der Waals surface area contributed by atoms with Gasteiger partial charge in [0.2, 0.25) is 0 Å². The average Bonchev–Trinajstić information content (AvgIpc) is 2.76. The number of benzene rings is 2. The zero-order chi connectivity index (χ0) is 21.3. The third kappa shape index (κ3) is 6.05. The monoisotopic (exact) mass is 410 g/mol. The van der Waals surface area contributed by atoms with Crippen molar-refractivity contribution in [3.8, 4) is 11.5 Å². The van der Waals surface area contributed by atoms with E-state index >= 15 is 0 Å². The van der Waals surface area contributed by atoms with Gasteiger partial charge in [0, 0.05) is 38.3 Å². The molecule has 0 aromatic heterocycles. The maximum Gasteiger partial charge on any atom is 0.254 e. The van der Waals surface area contributed by atoms with Gasteiger partial charge in [-0.05, 0) is 24.6 Å². The van der Waals surface area contributed by atoms with Crippen molar-refractivity contribution >= 4 is 12.1 Å². The summed E-state index contributed by atoms with van der Waals surface area (Å²) in [5, 5.41) is 4.07. The molecular weight excluding hydrogens is 380 g/mol. The highest BCUT2D eigenvalue weighted by Crippen LogP contribution is 2.29. The number of aryl methyl sites for hydroxylation is 1. The molecule has 1 amide bonds. The molecule has 2 aromatic rings. The summed E-state index contributed by atoms with van der Waals surface area (Å²) in [6.45, 7) is 7.03. The minimum absolute atomic E-state index is 0.125. The summed E-state index contributed by atoms with van der Waals surface area (Å²) in [7, 11) is 3.16. The van der Waals surface area contributed by atoms with Crippen LogP contribution < -0.4 is 14.9 Å². The fourth-order valence-corrected chi connectivity index (χ4v) is 3.48. The number of piperazine rings is 1. The number of carbonyl (C=O) groups excluding carboxylic acids is 1. The van der Waals surface area contributed by atoms with Crippen LogP contribution in [0.1, 0.15) is 16.7 Å². The third-order valence-corrected chi connectivity index (χ3v) is 5.19. The molecule has 0 aliphatic carbocycles. The molecule has 1 saturated heterocycles. The van der Waals surface area contributed by atoms with Crippen LogP contribution in [0.3, 0.4) is 0 Å². The second-order valence-corrected chi connectivity index (χ2v) is 7.41. The molecule has 1 aliphatic rings. The summed E-state index contributed by atoms with van der Waals surface area (Å²) in [4.78, 5) is 16.8. The van der Waals surface area contributed by atoms with Crippen molar-refractivity contribution < 1.29 is 14.3 Å². The number of hydrogen-bond acceptors (Lipinski definition) is 6. The number of rotatable bonds is 8. The molecule has 0 atom stereocenters. The number of hydrogen-bond donors (Lipinski definition) is 1. The number of methoxy groups -OCH3 is 2. The lowest BCUT2D eigenvalue weighted by Crippen LogP contribution is -2.48.